The zero-order valence-corrected chi connectivity index (χ0v) is 8.50. The van der Waals surface area contributed by atoms with Crippen molar-refractivity contribution >= 4 is 15.4 Å². The van der Waals surface area contributed by atoms with Crippen LogP contribution in [0.3, 0.4) is 0 Å². The molecule has 0 aromatic rings. The summed E-state index contributed by atoms with van der Waals surface area (Å²) in [6.45, 7) is 4.59. The van der Waals surface area contributed by atoms with Gasteiger partial charge in [0, 0.05) is 0 Å². The number of hydrogen-bond acceptors (Lipinski definition) is 0. The Kier molecular flexibility index (Phi) is 7.05. The van der Waals surface area contributed by atoms with Gasteiger partial charge in [-0.3, -0.25) is 0 Å². The van der Waals surface area contributed by atoms with Crippen LogP contribution in [0.1, 0.15) is 29.5 Å². The first-order valence-corrected chi connectivity index (χ1v) is 7.61. The van der Waals surface area contributed by atoms with E-state index in [-0.39, 0.29) is 18.3 Å². The molecule has 0 radical (unpaired) electrons. The molecule has 1 heteroatoms. The third-order valence-corrected chi connectivity index (χ3v) is 6.27. The van der Waals surface area contributed by atoms with Gasteiger partial charge in [-0.1, -0.05) is 0 Å². The van der Waals surface area contributed by atoms with E-state index in [0.717, 1.165) is 0 Å². The quantitative estimate of drug-likeness (QED) is 0.439. The Balaban J connectivity index is -0.000000180. The fourth-order valence-corrected chi connectivity index (χ4v) is 3.52. The van der Waals surface area contributed by atoms with Crippen molar-refractivity contribution in [3.8, 4) is 0 Å². The van der Waals surface area contributed by atoms with Crippen LogP contribution in [0.2, 0.25) is 10.5 Å². The molecule has 0 unspecified atom stereocenters. The molecule has 0 aliphatic heterocycles. The molecule has 0 saturated heterocycles. The van der Waals surface area contributed by atoms with Crippen LogP contribution in [0, 0.1) is 0 Å². The summed E-state index contributed by atoms with van der Waals surface area (Å²) in [5.41, 5.74) is 0. The molecule has 0 aromatic heterocycles. The molecule has 48 valence electrons. The standard InChI is InChI=1S/C6H16Ge.2H/c1-3-5-7-6-4-2;;/h3-7H2,1-2H3;;/q;2*-1. The smallest absolute Gasteiger partial charge is 1.00 e. The second-order valence-corrected chi connectivity index (χ2v) is 6.51. The molecule has 0 aromatic carbocycles. The minimum absolute atomic E-state index is 0. The molecule has 0 amide bonds. The van der Waals surface area contributed by atoms with Gasteiger partial charge in [-0.15, -0.1) is 0 Å². The third kappa shape index (κ3) is 6.54. The summed E-state index contributed by atoms with van der Waals surface area (Å²) in [5.74, 6) is 0. The van der Waals surface area contributed by atoms with E-state index in [0.29, 0.717) is 0 Å². The average Bonchev–Trinajstić information content (AvgIpc) is 1.69. The van der Waals surface area contributed by atoms with Crippen LogP contribution in [0.4, 0.5) is 0 Å². The molecular weight excluding hydrogens is 145 g/mol. The maximum atomic E-state index is 2.29. The van der Waals surface area contributed by atoms with E-state index in [4.69, 9.17) is 0 Å². The van der Waals surface area contributed by atoms with E-state index in [1.807, 2.05) is 0 Å². The average molecular weight is 163 g/mol. The van der Waals surface area contributed by atoms with Crippen molar-refractivity contribution in [3.05, 3.63) is 0 Å². The molecule has 0 rings (SSSR count). The maximum absolute atomic E-state index is 2.29. The topological polar surface area (TPSA) is 0 Å². The van der Waals surface area contributed by atoms with Crippen LogP contribution in [0.5, 0.6) is 0 Å². The molecule has 7 heavy (non-hydrogen) atoms. The van der Waals surface area contributed by atoms with Gasteiger partial charge < -0.3 is 2.85 Å². The van der Waals surface area contributed by atoms with E-state index < -0.39 is 0 Å². The minimum atomic E-state index is 0. The van der Waals surface area contributed by atoms with Gasteiger partial charge in [-0.05, 0) is 0 Å². The van der Waals surface area contributed by atoms with E-state index in [1.54, 1.807) is 10.5 Å². The summed E-state index contributed by atoms with van der Waals surface area (Å²) in [6, 6.07) is 0. The molecule has 0 spiro atoms. The van der Waals surface area contributed by atoms with Crippen molar-refractivity contribution in [2.24, 2.45) is 0 Å². The van der Waals surface area contributed by atoms with Crippen LogP contribution < -0.4 is 0 Å². The third-order valence-electron chi connectivity index (χ3n) is 1.21. The summed E-state index contributed by atoms with van der Waals surface area (Å²) >= 11 is 0.0521. The van der Waals surface area contributed by atoms with Gasteiger partial charge in [0.1, 0.15) is 0 Å². The van der Waals surface area contributed by atoms with Gasteiger partial charge in [0.05, 0.1) is 0 Å². The summed E-state index contributed by atoms with van der Waals surface area (Å²) in [5, 5.41) is 3.22. The summed E-state index contributed by atoms with van der Waals surface area (Å²) < 4.78 is 0. The Morgan fingerprint density at radius 2 is 1.57 bits per heavy atom. The minimum Gasteiger partial charge on any atom is -1.00 e. The Morgan fingerprint density at radius 1 is 1.14 bits per heavy atom. The van der Waals surface area contributed by atoms with Crippen LogP contribution in [-0.4, -0.2) is 15.4 Å². The maximum Gasteiger partial charge on any atom is -1.00 e. The van der Waals surface area contributed by atoms with Crippen molar-refractivity contribution in [1.29, 1.82) is 0 Å². The second-order valence-electron chi connectivity index (χ2n) is 2.06. The molecular formula is C6H18Ge-2. The monoisotopic (exact) mass is 164 g/mol. The first kappa shape index (κ1) is 7.54. The molecule has 0 saturated carbocycles. The predicted octanol–water partition coefficient (Wildman–Crippen LogP) is 2.04. The molecule has 0 nitrogen and oxygen atoms in total. The fourth-order valence-electron chi connectivity index (χ4n) is 0.677. The van der Waals surface area contributed by atoms with E-state index in [2.05, 4.69) is 13.8 Å². The molecule has 0 fully saturated rings. The van der Waals surface area contributed by atoms with Crippen LogP contribution in [0.15, 0.2) is 0 Å². The first-order valence-electron chi connectivity index (χ1n) is 3.41. The first-order chi connectivity index (χ1) is 3.41. The molecule has 0 aliphatic rings. The molecule has 0 atom stereocenters. The molecule has 0 heterocycles. The Hall–Kier alpha value is 0.543. The predicted molar refractivity (Wildman–Crippen MR) is 41.0 cm³/mol. The van der Waals surface area contributed by atoms with Gasteiger partial charge in [0.15, 0.2) is 0 Å². The summed E-state index contributed by atoms with van der Waals surface area (Å²) in [6.07, 6.45) is 2.89. The van der Waals surface area contributed by atoms with Crippen molar-refractivity contribution in [2.75, 3.05) is 0 Å². The zero-order chi connectivity index (χ0) is 5.54. The Labute approximate surface area is 56.1 Å². The zero-order valence-electron chi connectivity index (χ0n) is 7.54. The summed E-state index contributed by atoms with van der Waals surface area (Å²) in [4.78, 5) is 0. The van der Waals surface area contributed by atoms with Gasteiger partial charge in [-0.2, -0.15) is 0 Å². The van der Waals surface area contributed by atoms with Gasteiger partial charge in [0.2, 0.25) is 0 Å². The molecule has 0 bridgehead atoms. The van der Waals surface area contributed by atoms with Crippen LogP contribution in [0.25, 0.3) is 0 Å². The van der Waals surface area contributed by atoms with Crippen LogP contribution in [-0.2, 0) is 0 Å². The van der Waals surface area contributed by atoms with E-state index >= 15 is 0 Å². The SMILES string of the molecule is CC[CH2][GeH2][CH2]CC.[H-].[H-]. The number of rotatable bonds is 4. The van der Waals surface area contributed by atoms with Gasteiger partial charge in [0.25, 0.3) is 0 Å². The summed E-state index contributed by atoms with van der Waals surface area (Å²) in [7, 11) is 0. The largest absolute Gasteiger partial charge is 1.00 e. The van der Waals surface area contributed by atoms with E-state index in [1.165, 1.54) is 12.8 Å². The normalized spacial score (nSPS) is 9.43. The van der Waals surface area contributed by atoms with Crippen molar-refractivity contribution in [2.45, 2.75) is 37.2 Å². The van der Waals surface area contributed by atoms with Crippen molar-refractivity contribution in [1.82, 2.24) is 0 Å². The number of hydrogen-bond donors (Lipinski definition) is 0. The van der Waals surface area contributed by atoms with Gasteiger partial charge in [-0.25, -0.2) is 0 Å². The molecule has 0 aliphatic carbocycles. The van der Waals surface area contributed by atoms with Gasteiger partial charge >= 0.3 is 52.6 Å². The molecule has 0 N–H and O–H groups in total. The Bertz CT molecular complexity index is 30.2. The van der Waals surface area contributed by atoms with Crippen LogP contribution >= 0.6 is 0 Å². The van der Waals surface area contributed by atoms with E-state index in [9.17, 15) is 0 Å². The Morgan fingerprint density at radius 3 is 1.86 bits per heavy atom. The fraction of sp³-hybridized carbons (Fsp3) is 1.00. The second kappa shape index (κ2) is 6.54. The van der Waals surface area contributed by atoms with Crippen molar-refractivity contribution < 1.29 is 2.85 Å². The van der Waals surface area contributed by atoms with Crippen molar-refractivity contribution in [3.63, 3.8) is 0 Å².